The predicted molar refractivity (Wildman–Crippen MR) is 80.1 cm³/mol. The molecule has 0 aliphatic heterocycles. The molecule has 1 rings (SSSR count). The Morgan fingerprint density at radius 2 is 1.71 bits per heavy atom. The number of sulfone groups is 2. The molecule has 0 aliphatic rings. The maximum atomic E-state index is 12.1. The summed E-state index contributed by atoms with van der Waals surface area (Å²) in [5.74, 6) is -1.22. The van der Waals surface area contributed by atoms with Gasteiger partial charge in [0.25, 0.3) is 0 Å². The van der Waals surface area contributed by atoms with Crippen LogP contribution in [0.3, 0.4) is 0 Å². The molecule has 0 spiro atoms. The minimum Gasteiger partial charge on any atom is -0.330 e. The molecule has 8 heteroatoms. The average Bonchev–Trinajstić information content (AvgIpc) is 2.45. The van der Waals surface area contributed by atoms with Gasteiger partial charge in [-0.15, -0.1) is 0 Å². The van der Waals surface area contributed by atoms with Crippen LogP contribution >= 0.6 is 0 Å². The highest BCUT2D eigenvalue weighted by molar-refractivity contribution is 7.95. The van der Waals surface area contributed by atoms with Gasteiger partial charge in [-0.05, 0) is 36.7 Å². The average molecular weight is 330 g/mol. The Morgan fingerprint density at radius 1 is 1.14 bits per heavy atom. The number of nitrogens with zero attached hydrogens (tertiary/aromatic N) is 1. The molecule has 6 nitrogen and oxygen atoms in total. The van der Waals surface area contributed by atoms with Gasteiger partial charge < -0.3 is 5.73 Å². The number of nitriles is 1. The van der Waals surface area contributed by atoms with Crippen LogP contribution in [0.2, 0.25) is 0 Å². The normalized spacial score (nSPS) is 13.6. The van der Waals surface area contributed by atoms with Gasteiger partial charge in [0.2, 0.25) is 0 Å². The van der Waals surface area contributed by atoms with Crippen molar-refractivity contribution in [2.75, 3.05) is 23.8 Å². The minimum atomic E-state index is -3.68. The van der Waals surface area contributed by atoms with Crippen LogP contribution in [-0.2, 0) is 19.7 Å². The van der Waals surface area contributed by atoms with E-state index >= 15 is 0 Å². The highest BCUT2D eigenvalue weighted by Gasteiger charge is 2.21. The van der Waals surface area contributed by atoms with E-state index in [2.05, 4.69) is 0 Å². The highest BCUT2D eigenvalue weighted by Crippen LogP contribution is 2.13. The molecule has 0 heterocycles. The van der Waals surface area contributed by atoms with Gasteiger partial charge in [0.15, 0.2) is 19.7 Å². The Balaban J connectivity index is 2.79. The molecule has 0 bridgehead atoms. The molecule has 1 aromatic carbocycles. The molecule has 0 aliphatic carbocycles. The van der Waals surface area contributed by atoms with E-state index in [9.17, 15) is 16.8 Å². The fourth-order valence-electron chi connectivity index (χ4n) is 1.68. The second kappa shape index (κ2) is 7.02. The third-order valence-corrected chi connectivity index (χ3v) is 6.84. The first-order valence-electron chi connectivity index (χ1n) is 6.33. The van der Waals surface area contributed by atoms with Gasteiger partial charge in [0.05, 0.1) is 33.8 Å². The van der Waals surface area contributed by atoms with Crippen LogP contribution in [0.25, 0.3) is 0 Å². The molecule has 0 aromatic heterocycles. The Hall–Kier alpha value is -1.43. The minimum absolute atomic E-state index is 0.0172. The van der Waals surface area contributed by atoms with Crippen LogP contribution in [0.5, 0.6) is 0 Å². The standard InChI is InChI=1S/C13H18N2O4S2/c1-11(8-14)10-20(16,17)6-7-21(18,19)13-4-2-12(9-15)3-5-13/h2-5,11H,6-8,10,14H2,1H3. The molecule has 21 heavy (non-hydrogen) atoms. The van der Waals surface area contributed by atoms with Gasteiger partial charge in [-0.1, -0.05) is 6.92 Å². The molecule has 1 unspecified atom stereocenters. The highest BCUT2D eigenvalue weighted by atomic mass is 32.2. The number of benzene rings is 1. The zero-order valence-electron chi connectivity index (χ0n) is 11.7. The fraction of sp³-hybridized carbons (Fsp3) is 0.462. The van der Waals surface area contributed by atoms with E-state index in [0.717, 1.165) is 0 Å². The molecule has 1 atom stereocenters. The number of nitrogens with two attached hydrogens (primary N) is 1. The van der Waals surface area contributed by atoms with Crippen LogP contribution in [0.1, 0.15) is 12.5 Å². The van der Waals surface area contributed by atoms with E-state index in [1.807, 2.05) is 6.07 Å². The van der Waals surface area contributed by atoms with Gasteiger partial charge in [-0.2, -0.15) is 5.26 Å². The largest absolute Gasteiger partial charge is 0.330 e. The monoisotopic (exact) mass is 330 g/mol. The van der Waals surface area contributed by atoms with E-state index in [1.54, 1.807) is 6.92 Å². The number of rotatable bonds is 7. The van der Waals surface area contributed by atoms with Crippen molar-refractivity contribution < 1.29 is 16.8 Å². The molecular weight excluding hydrogens is 312 g/mol. The summed E-state index contributed by atoms with van der Waals surface area (Å²) in [4.78, 5) is 0.0172. The predicted octanol–water partition coefficient (Wildman–Crippen LogP) is 0.342. The van der Waals surface area contributed by atoms with Crippen molar-refractivity contribution in [3.63, 3.8) is 0 Å². The topological polar surface area (TPSA) is 118 Å². The second-order valence-corrected chi connectivity index (χ2v) is 9.25. The summed E-state index contributed by atoms with van der Waals surface area (Å²) in [5.41, 5.74) is 5.72. The zero-order chi connectivity index (χ0) is 16.1. The summed E-state index contributed by atoms with van der Waals surface area (Å²) in [7, 11) is -7.14. The summed E-state index contributed by atoms with van der Waals surface area (Å²) in [6.45, 7) is 1.94. The smallest absolute Gasteiger partial charge is 0.179 e. The summed E-state index contributed by atoms with van der Waals surface area (Å²) in [6, 6.07) is 7.28. The summed E-state index contributed by atoms with van der Waals surface area (Å²) < 4.78 is 47.8. The first-order chi connectivity index (χ1) is 9.70. The van der Waals surface area contributed by atoms with Crippen molar-refractivity contribution in [2.24, 2.45) is 11.7 Å². The van der Waals surface area contributed by atoms with E-state index in [0.29, 0.717) is 5.56 Å². The van der Waals surface area contributed by atoms with Crippen LogP contribution < -0.4 is 5.73 Å². The summed E-state index contributed by atoms with van der Waals surface area (Å²) >= 11 is 0. The first kappa shape index (κ1) is 17.6. The van der Waals surface area contributed by atoms with Crippen LogP contribution in [0, 0.1) is 17.2 Å². The Bertz CT molecular complexity index is 716. The molecule has 1 aromatic rings. The van der Waals surface area contributed by atoms with Gasteiger partial charge in [0.1, 0.15) is 0 Å². The maximum Gasteiger partial charge on any atom is 0.179 e. The Morgan fingerprint density at radius 3 is 2.19 bits per heavy atom. The third kappa shape index (κ3) is 5.46. The van der Waals surface area contributed by atoms with Crippen molar-refractivity contribution in [1.29, 1.82) is 5.26 Å². The molecule has 0 amide bonds. The van der Waals surface area contributed by atoms with Crippen LogP contribution in [0.15, 0.2) is 29.2 Å². The lowest BCUT2D eigenvalue weighted by Gasteiger charge is -2.10. The molecule has 116 valence electrons. The lowest BCUT2D eigenvalue weighted by molar-refractivity contribution is 0.571. The van der Waals surface area contributed by atoms with Crippen LogP contribution in [-0.4, -0.2) is 40.6 Å². The molecule has 0 fully saturated rings. The molecule has 0 saturated heterocycles. The van der Waals surface area contributed by atoms with Crippen molar-refractivity contribution in [2.45, 2.75) is 11.8 Å². The summed E-state index contributed by atoms with van der Waals surface area (Å²) in [5, 5.41) is 8.66. The third-order valence-electron chi connectivity index (χ3n) is 2.95. The quantitative estimate of drug-likeness (QED) is 0.770. The van der Waals surface area contributed by atoms with E-state index in [-0.39, 0.29) is 23.1 Å². The molecular formula is C13H18N2O4S2. The molecule has 0 saturated carbocycles. The van der Waals surface area contributed by atoms with Crippen molar-refractivity contribution >= 4 is 19.7 Å². The van der Waals surface area contributed by atoms with Crippen molar-refractivity contribution in [3.8, 4) is 6.07 Å². The van der Waals surface area contributed by atoms with E-state index in [4.69, 9.17) is 11.0 Å². The number of hydrogen-bond donors (Lipinski definition) is 1. The van der Waals surface area contributed by atoms with Gasteiger partial charge in [0, 0.05) is 0 Å². The Labute approximate surface area is 125 Å². The van der Waals surface area contributed by atoms with E-state index < -0.39 is 31.2 Å². The Kier molecular flexibility index (Phi) is 5.89. The molecule has 0 radical (unpaired) electrons. The van der Waals surface area contributed by atoms with Crippen molar-refractivity contribution in [3.05, 3.63) is 29.8 Å². The first-order valence-corrected chi connectivity index (χ1v) is 9.81. The van der Waals surface area contributed by atoms with Crippen LogP contribution in [0.4, 0.5) is 0 Å². The lowest BCUT2D eigenvalue weighted by Crippen LogP contribution is -2.26. The summed E-state index contributed by atoms with van der Waals surface area (Å²) in [6.07, 6.45) is 0. The van der Waals surface area contributed by atoms with Gasteiger partial charge >= 0.3 is 0 Å². The van der Waals surface area contributed by atoms with Crippen molar-refractivity contribution in [1.82, 2.24) is 0 Å². The van der Waals surface area contributed by atoms with Gasteiger partial charge in [-0.3, -0.25) is 0 Å². The maximum absolute atomic E-state index is 12.1. The molecule has 2 N–H and O–H groups in total. The second-order valence-electron chi connectivity index (χ2n) is 4.91. The SMILES string of the molecule is CC(CN)CS(=O)(=O)CCS(=O)(=O)c1ccc(C#N)cc1. The fourth-order valence-corrected chi connectivity index (χ4v) is 5.53. The number of hydrogen-bond acceptors (Lipinski definition) is 6. The van der Waals surface area contributed by atoms with E-state index in [1.165, 1.54) is 24.3 Å². The zero-order valence-corrected chi connectivity index (χ0v) is 13.3. The lowest BCUT2D eigenvalue weighted by atomic mass is 10.2. The van der Waals surface area contributed by atoms with Gasteiger partial charge in [-0.25, -0.2) is 16.8 Å².